The molecule has 26 heavy (non-hydrogen) atoms. The smallest absolute Gasteiger partial charge is 0.348 e. The molecule has 0 saturated heterocycles. The van der Waals surface area contributed by atoms with Crippen LogP contribution >= 0.6 is 0 Å². The number of hydrogen-bond acceptors (Lipinski definition) is 2. The molecule has 0 aromatic heterocycles. The predicted octanol–water partition coefficient (Wildman–Crippen LogP) is 5.35. The van der Waals surface area contributed by atoms with Crippen molar-refractivity contribution in [2.24, 2.45) is 0 Å². The molecule has 0 bridgehead atoms. The molecule has 0 unspecified atom stereocenters. The number of amides is 1. The summed E-state index contributed by atoms with van der Waals surface area (Å²) in [6.45, 7) is 5.35. The maximum Gasteiger partial charge on any atom is 0.439 e. The molecule has 0 atom stereocenters. The molecule has 0 saturated carbocycles. The van der Waals surface area contributed by atoms with Gasteiger partial charge in [0.2, 0.25) is 5.91 Å². The van der Waals surface area contributed by atoms with Gasteiger partial charge < -0.3 is 10.6 Å². The summed E-state index contributed by atoms with van der Waals surface area (Å²) in [7, 11) is 0. The summed E-state index contributed by atoms with van der Waals surface area (Å²) >= 11 is 0. The van der Waals surface area contributed by atoms with Crippen molar-refractivity contribution in [3.63, 3.8) is 0 Å². The number of rotatable bonds is 7. The molecule has 0 spiro atoms. The summed E-state index contributed by atoms with van der Waals surface area (Å²) in [6, 6.07) is 5.12. The minimum atomic E-state index is -5.80. The number of unbranched alkanes of at least 4 members (excludes halogenated alkanes) is 1. The van der Waals surface area contributed by atoms with Crippen molar-refractivity contribution in [1.29, 1.82) is 0 Å². The van der Waals surface area contributed by atoms with Crippen LogP contribution in [0.15, 0.2) is 24.3 Å². The second-order valence-corrected chi connectivity index (χ2v) is 6.30. The highest BCUT2D eigenvalue weighted by Gasteiger charge is 2.72. The number of alkyl halides is 6. The van der Waals surface area contributed by atoms with Crippen LogP contribution in [0.25, 0.3) is 0 Å². The van der Waals surface area contributed by atoms with Gasteiger partial charge in [0.05, 0.1) is 0 Å². The molecule has 0 aliphatic heterocycles. The number of carbonyl (C=O) groups is 1. The Morgan fingerprint density at radius 3 is 1.88 bits per heavy atom. The van der Waals surface area contributed by atoms with Gasteiger partial charge in [-0.3, -0.25) is 4.79 Å². The first-order valence-electron chi connectivity index (χ1n) is 8.16. The van der Waals surface area contributed by atoms with Crippen LogP contribution in [0.5, 0.6) is 0 Å². The first-order chi connectivity index (χ1) is 11.8. The number of hydrogen-bond donors (Lipinski definition) is 2. The largest absolute Gasteiger partial charge is 0.439 e. The van der Waals surface area contributed by atoms with Crippen molar-refractivity contribution in [3.05, 3.63) is 29.8 Å². The summed E-state index contributed by atoms with van der Waals surface area (Å²) in [5, 5.41) is 2.60. The second-order valence-electron chi connectivity index (χ2n) is 6.30. The van der Waals surface area contributed by atoms with Crippen molar-refractivity contribution in [2.45, 2.75) is 64.0 Å². The van der Waals surface area contributed by atoms with E-state index in [4.69, 9.17) is 0 Å². The van der Waals surface area contributed by atoms with Crippen molar-refractivity contribution in [2.75, 3.05) is 5.32 Å². The highest BCUT2D eigenvalue weighted by atomic mass is 19.4. The van der Waals surface area contributed by atoms with Crippen LogP contribution < -0.4 is 10.6 Å². The van der Waals surface area contributed by atoms with Crippen LogP contribution in [0.4, 0.5) is 32.0 Å². The summed E-state index contributed by atoms with van der Waals surface area (Å²) in [5.41, 5.74) is -4.21. The fraction of sp³-hybridized carbons (Fsp3) is 0.588. The molecule has 0 aliphatic carbocycles. The maximum atomic E-state index is 13.4. The average molecular weight is 384 g/mol. The zero-order chi connectivity index (χ0) is 20.2. The topological polar surface area (TPSA) is 41.1 Å². The van der Waals surface area contributed by atoms with Crippen molar-refractivity contribution in [1.82, 2.24) is 5.32 Å². The number of anilines is 1. The van der Waals surface area contributed by atoms with Crippen molar-refractivity contribution >= 4 is 11.6 Å². The summed E-state index contributed by atoms with van der Waals surface area (Å²) < 4.78 is 80.7. The summed E-state index contributed by atoms with van der Waals surface area (Å²) in [5.74, 6) is -1.26. The molecule has 148 valence electrons. The number of halogens is 6. The lowest BCUT2D eigenvalue weighted by molar-refractivity contribution is -0.295. The Bertz CT molecular complexity index is 579. The molecule has 0 heterocycles. The summed E-state index contributed by atoms with van der Waals surface area (Å²) in [4.78, 5) is 11.7. The Balaban J connectivity index is 3.27. The SMILES string of the molecule is CCCCC(=O)NC(Nc1ccc(C(C)C)cc1)(C(F)(F)F)C(F)(F)F. The van der Waals surface area contributed by atoms with E-state index in [1.165, 1.54) is 17.4 Å². The molecule has 1 amide bonds. The zero-order valence-electron chi connectivity index (χ0n) is 14.7. The molecule has 0 fully saturated rings. The molecule has 0 aliphatic rings. The normalized spacial score (nSPS) is 13.0. The first-order valence-corrected chi connectivity index (χ1v) is 8.16. The van der Waals surface area contributed by atoms with Gasteiger partial charge in [-0.15, -0.1) is 0 Å². The maximum absolute atomic E-state index is 13.4. The fourth-order valence-corrected chi connectivity index (χ4v) is 2.25. The molecule has 9 heteroatoms. The van der Waals surface area contributed by atoms with E-state index >= 15 is 0 Å². The Morgan fingerprint density at radius 1 is 1.00 bits per heavy atom. The molecule has 2 N–H and O–H groups in total. The number of nitrogens with one attached hydrogen (secondary N) is 2. The Morgan fingerprint density at radius 2 is 1.50 bits per heavy atom. The lowest BCUT2D eigenvalue weighted by Crippen LogP contribution is -2.72. The summed E-state index contributed by atoms with van der Waals surface area (Å²) in [6.07, 6.45) is -11.4. The molecule has 0 radical (unpaired) electrons. The molecular formula is C17H22F6N2O. The third kappa shape index (κ3) is 5.04. The van der Waals surface area contributed by atoms with Crippen LogP contribution in [0, 0.1) is 0 Å². The third-order valence-electron chi connectivity index (χ3n) is 3.84. The first kappa shape index (κ1) is 22.1. The molecule has 1 aromatic carbocycles. The predicted molar refractivity (Wildman–Crippen MR) is 86.7 cm³/mol. The van der Waals surface area contributed by atoms with E-state index in [0.717, 1.165) is 23.0 Å². The second kappa shape index (κ2) is 8.18. The number of carbonyl (C=O) groups excluding carboxylic acids is 1. The van der Waals surface area contributed by atoms with Crippen LogP contribution in [-0.2, 0) is 4.79 Å². The van der Waals surface area contributed by atoms with E-state index in [9.17, 15) is 31.1 Å². The average Bonchev–Trinajstić information content (AvgIpc) is 2.50. The van der Waals surface area contributed by atoms with Gasteiger partial charge >= 0.3 is 18.0 Å². The van der Waals surface area contributed by atoms with Gasteiger partial charge in [0.15, 0.2) is 0 Å². The van der Waals surface area contributed by atoms with Gasteiger partial charge in [-0.25, -0.2) is 0 Å². The van der Waals surface area contributed by atoms with Gasteiger partial charge in [-0.1, -0.05) is 39.3 Å². The van der Waals surface area contributed by atoms with E-state index in [1.807, 2.05) is 13.8 Å². The Hall–Kier alpha value is -1.93. The van der Waals surface area contributed by atoms with E-state index in [1.54, 1.807) is 6.92 Å². The minimum Gasteiger partial charge on any atom is -0.348 e. The third-order valence-corrected chi connectivity index (χ3v) is 3.84. The fourth-order valence-electron chi connectivity index (χ4n) is 2.25. The lowest BCUT2D eigenvalue weighted by Gasteiger charge is -2.39. The molecular weight excluding hydrogens is 362 g/mol. The lowest BCUT2D eigenvalue weighted by atomic mass is 10.0. The standard InChI is InChI=1S/C17H22F6N2O/c1-4-5-6-14(26)25-15(16(18,19)20,17(21,22)23)24-13-9-7-12(8-10-13)11(2)3/h7-11,24H,4-6H2,1-3H3,(H,25,26). The molecule has 1 aromatic rings. The van der Waals surface area contributed by atoms with E-state index in [-0.39, 0.29) is 12.3 Å². The molecule has 1 rings (SSSR count). The highest BCUT2D eigenvalue weighted by molar-refractivity contribution is 5.77. The van der Waals surface area contributed by atoms with Crippen molar-refractivity contribution in [3.8, 4) is 0 Å². The van der Waals surface area contributed by atoms with Crippen molar-refractivity contribution < 1.29 is 31.1 Å². The van der Waals surface area contributed by atoms with Gasteiger partial charge in [0.25, 0.3) is 0 Å². The van der Waals surface area contributed by atoms with E-state index in [2.05, 4.69) is 0 Å². The highest BCUT2D eigenvalue weighted by Crippen LogP contribution is 2.43. The van der Waals surface area contributed by atoms with Gasteiger partial charge in [-0.05, 0) is 30.0 Å². The van der Waals surface area contributed by atoms with E-state index in [0.29, 0.717) is 6.42 Å². The quantitative estimate of drug-likeness (QED) is 0.492. The number of benzene rings is 1. The van der Waals surface area contributed by atoms with Crippen LogP contribution in [0.3, 0.4) is 0 Å². The monoisotopic (exact) mass is 384 g/mol. The van der Waals surface area contributed by atoms with Gasteiger partial charge in [-0.2, -0.15) is 26.3 Å². The zero-order valence-corrected chi connectivity index (χ0v) is 14.7. The van der Waals surface area contributed by atoms with E-state index < -0.39 is 36.0 Å². The van der Waals surface area contributed by atoms with Crippen LogP contribution in [0.2, 0.25) is 0 Å². The Kier molecular flexibility index (Phi) is 6.95. The van der Waals surface area contributed by atoms with Gasteiger partial charge in [0, 0.05) is 12.1 Å². The van der Waals surface area contributed by atoms with Crippen LogP contribution in [-0.4, -0.2) is 23.9 Å². The van der Waals surface area contributed by atoms with Crippen LogP contribution in [0.1, 0.15) is 51.5 Å². The van der Waals surface area contributed by atoms with Gasteiger partial charge in [0.1, 0.15) is 0 Å². The Labute approximate surface area is 148 Å². The minimum absolute atomic E-state index is 0.0628. The molecule has 3 nitrogen and oxygen atoms in total.